The molecule has 0 aliphatic carbocycles. The van der Waals surface area contributed by atoms with Gasteiger partial charge in [0.15, 0.2) is 0 Å². The fourth-order valence-electron chi connectivity index (χ4n) is 2.41. The number of rotatable bonds is 8. The minimum absolute atomic E-state index is 0.0369. The van der Waals surface area contributed by atoms with E-state index in [9.17, 15) is 18.0 Å². The molecule has 0 aliphatic heterocycles. The van der Waals surface area contributed by atoms with E-state index < -0.39 is 15.9 Å². The number of carbonyl (C=O) groups excluding carboxylic acids is 2. The molecule has 0 atom stereocenters. The van der Waals surface area contributed by atoms with Crippen molar-refractivity contribution in [3.8, 4) is 0 Å². The molecule has 0 saturated heterocycles. The second kappa shape index (κ2) is 10.3. The summed E-state index contributed by atoms with van der Waals surface area (Å²) in [5, 5.41) is 0. The Balaban J connectivity index is 1.96. The molecule has 0 fully saturated rings. The Labute approximate surface area is 169 Å². The molecule has 0 saturated carbocycles. The predicted molar refractivity (Wildman–Crippen MR) is 109 cm³/mol. The summed E-state index contributed by atoms with van der Waals surface area (Å²) in [4.78, 5) is 25.1. The highest BCUT2D eigenvalue weighted by molar-refractivity contribution is 8.00. The lowest BCUT2D eigenvalue weighted by atomic mass is 10.2. The number of hydrazine groups is 1. The zero-order valence-corrected chi connectivity index (χ0v) is 17.3. The highest BCUT2D eigenvalue weighted by Gasteiger charge is 2.22. The second-order valence-electron chi connectivity index (χ2n) is 5.72. The van der Waals surface area contributed by atoms with Gasteiger partial charge < -0.3 is 0 Å². The van der Waals surface area contributed by atoms with Gasteiger partial charge in [-0.05, 0) is 30.3 Å². The summed E-state index contributed by atoms with van der Waals surface area (Å²) in [6, 6.07) is 15.1. The highest BCUT2D eigenvalue weighted by Crippen LogP contribution is 2.17. The van der Waals surface area contributed by atoms with Gasteiger partial charge in [0.05, 0.1) is 10.6 Å². The maximum atomic E-state index is 12.6. The lowest BCUT2D eigenvalue weighted by Gasteiger charge is -2.18. The summed E-state index contributed by atoms with van der Waals surface area (Å²) in [5.74, 6) is -0.815. The topological polar surface area (TPSA) is 95.6 Å². The summed E-state index contributed by atoms with van der Waals surface area (Å²) in [6.45, 7) is 4.18. The molecule has 2 aromatic carbocycles. The molecular formula is C19H23N3O4S2. The van der Waals surface area contributed by atoms with Crippen LogP contribution in [0.15, 0.2) is 64.4 Å². The first kappa shape index (κ1) is 21.9. The van der Waals surface area contributed by atoms with Crippen molar-refractivity contribution in [1.29, 1.82) is 0 Å². The van der Waals surface area contributed by atoms with E-state index >= 15 is 0 Å². The molecule has 2 rings (SSSR count). The van der Waals surface area contributed by atoms with Crippen LogP contribution in [0.5, 0.6) is 0 Å². The molecule has 0 radical (unpaired) electrons. The van der Waals surface area contributed by atoms with Crippen molar-refractivity contribution in [3.63, 3.8) is 0 Å². The van der Waals surface area contributed by atoms with Crippen molar-refractivity contribution in [3.05, 3.63) is 60.2 Å². The van der Waals surface area contributed by atoms with E-state index in [1.807, 2.05) is 30.3 Å². The zero-order chi connectivity index (χ0) is 20.6. The molecule has 0 unspecified atom stereocenters. The van der Waals surface area contributed by atoms with E-state index in [0.29, 0.717) is 13.1 Å². The van der Waals surface area contributed by atoms with Crippen molar-refractivity contribution in [2.24, 2.45) is 0 Å². The van der Waals surface area contributed by atoms with Crippen LogP contribution in [0.1, 0.15) is 24.2 Å². The summed E-state index contributed by atoms with van der Waals surface area (Å²) in [7, 11) is -3.67. The van der Waals surface area contributed by atoms with Gasteiger partial charge in [0.1, 0.15) is 0 Å². The van der Waals surface area contributed by atoms with Crippen molar-refractivity contribution in [2.75, 3.05) is 18.8 Å². The van der Waals surface area contributed by atoms with Gasteiger partial charge in [0.2, 0.25) is 15.9 Å². The number of thioether (sulfide) groups is 1. The number of nitrogens with zero attached hydrogens (tertiary/aromatic N) is 1. The number of hydrogen-bond acceptors (Lipinski definition) is 5. The van der Waals surface area contributed by atoms with Crippen LogP contribution in [0.2, 0.25) is 0 Å². The maximum Gasteiger partial charge on any atom is 0.269 e. The highest BCUT2D eigenvalue weighted by atomic mass is 32.2. The summed E-state index contributed by atoms with van der Waals surface area (Å²) in [5.41, 5.74) is 4.79. The first-order chi connectivity index (χ1) is 13.4. The third-order valence-electron chi connectivity index (χ3n) is 3.87. The molecule has 9 heteroatoms. The van der Waals surface area contributed by atoms with Crippen LogP contribution in [-0.2, 0) is 14.8 Å². The van der Waals surface area contributed by atoms with Gasteiger partial charge in [0.25, 0.3) is 5.91 Å². The summed E-state index contributed by atoms with van der Waals surface area (Å²) >= 11 is 1.34. The predicted octanol–water partition coefficient (Wildman–Crippen LogP) is 2.27. The average molecular weight is 422 g/mol. The molecule has 0 aliphatic rings. The van der Waals surface area contributed by atoms with Gasteiger partial charge in [-0.3, -0.25) is 20.4 Å². The van der Waals surface area contributed by atoms with E-state index in [1.54, 1.807) is 13.8 Å². The van der Waals surface area contributed by atoms with Gasteiger partial charge in [-0.25, -0.2) is 8.42 Å². The van der Waals surface area contributed by atoms with Crippen molar-refractivity contribution in [2.45, 2.75) is 23.6 Å². The second-order valence-corrected chi connectivity index (χ2v) is 8.71. The van der Waals surface area contributed by atoms with Crippen LogP contribution in [0.4, 0.5) is 0 Å². The molecule has 0 heterocycles. The largest absolute Gasteiger partial charge is 0.272 e. The lowest BCUT2D eigenvalue weighted by Crippen LogP contribution is -2.42. The van der Waals surface area contributed by atoms with Crippen molar-refractivity contribution >= 4 is 33.6 Å². The van der Waals surface area contributed by atoms with Gasteiger partial charge in [-0.15, -0.1) is 11.8 Å². The van der Waals surface area contributed by atoms with Crippen LogP contribution in [-0.4, -0.2) is 43.4 Å². The van der Waals surface area contributed by atoms with E-state index in [4.69, 9.17) is 0 Å². The number of amides is 2. The molecule has 0 spiro atoms. The maximum absolute atomic E-state index is 12.6. The number of hydrogen-bond donors (Lipinski definition) is 2. The molecule has 7 nitrogen and oxygen atoms in total. The van der Waals surface area contributed by atoms with E-state index in [-0.39, 0.29) is 22.1 Å². The Morgan fingerprint density at radius 1 is 0.964 bits per heavy atom. The molecule has 2 N–H and O–H groups in total. The van der Waals surface area contributed by atoms with E-state index in [0.717, 1.165) is 4.90 Å². The first-order valence-electron chi connectivity index (χ1n) is 8.75. The molecule has 0 bridgehead atoms. The number of benzene rings is 2. The molecular weight excluding hydrogens is 398 g/mol. The van der Waals surface area contributed by atoms with Crippen LogP contribution >= 0.6 is 11.8 Å². The number of carbonyl (C=O) groups is 2. The minimum atomic E-state index is -3.67. The fraction of sp³-hybridized carbons (Fsp3) is 0.263. The SMILES string of the molecule is CCN(CC)S(=O)(=O)c1cccc(C(=O)NNC(=O)CSc2ccccc2)c1. The zero-order valence-electron chi connectivity index (χ0n) is 15.7. The minimum Gasteiger partial charge on any atom is -0.272 e. The average Bonchev–Trinajstić information content (AvgIpc) is 2.72. The third kappa shape index (κ3) is 5.82. The van der Waals surface area contributed by atoms with Crippen molar-refractivity contribution < 1.29 is 18.0 Å². The Bertz CT molecular complexity index is 914. The molecule has 0 aromatic heterocycles. The monoisotopic (exact) mass is 421 g/mol. The Kier molecular flexibility index (Phi) is 8.04. The van der Waals surface area contributed by atoms with Crippen LogP contribution in [0.3, 0.4) is 0 Å². The molecule has 28 heavy (non-hydrogen) atoms. The Hall–Kier alpha value is -2.36. The molecule has 150 valence electrons. The van der Waals surface area contributed by atoms with Gasteiger partial charge in [0, 0.05) is 23.5 Å². The number of nitrogens with one attached hydrogen (secondary N) is 2. The third-order valence-corrected chi connectivity index (χ3v) is 6.93. The quantitative estimate of drug-likeness (QED) is 0.504. The Morgan fingerprint density at radius 2 is 1.64 bits per heavy atom. The van der Waals surface area contributed by atoms with Crippen molar-refractivity contribution in [1.82, 2.24) is 15.2 Å². The van der Waals surface area contributed by atoms with E-state index in [1.165, 1.54) is 40.3 Å². The van der Waals surface area contributed by atoms with Gasteiger partial charge >= 0.3 is 0 Å². The lowest BCUT2D eigenvalue weighted by molar-refractivity contribution is -0.119. The first-order valence-corrected chi connectivity index (χ1v) is 11.2. The van der Waals surface area contributed by atoms with Gasteiger partial charge in [-0.2, -0.15) is 4.31 Å². The number of sulfonamides is 1. The molecule has 2 amide bonds. The fourth-order valence-corrected chi connectivity index (χ4v) is 4.63. The standard InChI is InChI=1S/C19H23N3O4S2/c1-3-22(4-2)28(25,26)17-12-8-9-15(13-17)19(24)21-20-18(23)14-27-16-10-6-5-7-11-16/h5-13H,3-4,14H2,1-2H3,(H,20,23)(H,21,24). The van der Waals surface area contributed by atoms with Crippen LogP contribution in [0, 0.1) is 0 Å². The molecule has 2 aromatic rings. The van der Waals surface area contributed by atoms with Crippen LogP contribution < -0.4 is 10.9 Å². The van der Waals surface area contributed by atoms with E-state index in [2.05, 4.69) is 10.9 Å². The summed E-state index contributed by atoms with van der Waals surface area (Å²) < 4.78 is 26.5. The smallest absolute Gasteiger partial charge is 0.269 e. The summed E-state index contributed by atoms with van der Waals surface area (Å²) in [6.07, 6.45) is 0. The van der Waals surface area contributed by atoms with Crippen LogP contribution in [0.25, 0.3) is 0 Å². The Morgan fingerprint density at radius 3 is 2.29 bits per heavy atom. The normalized spacial score (nSPS) is 11.2. The van der Waals surface area contributed by atoms with Gasteiger partial charge in [-0.1, -0.05) is 38.1 Å².